The van der Waals surface area contributed by atoms with E-state index in [1.54, 1.807) is 0 Å². The Kier molecular flexibility index (Phi) is 3.49. The summed E-state index contributed by atoms with van der Waals surface area (Å²) in [7, 11) is 0. The van der Waals surface area contributed by atoms with Crippen LogP contribution in [0.15, 0.2) is 29.4 Å². The molecule has 0 saturated heterocycles. The summed E-state index contributed by atoms with van der Waals surface area (Å²) < 4.78 is 36.9. The lowest BCUT2D eigenvalue weighted by atomic mass is 10.1. The summed E-state index contributed by atoms with van der Waals surface area (Å²) in [4.78, 5) is 10.2. The van der Waals surface area contributed by atoms with Gasteiger partial charge >= 0.3 is 12.2 Å². The third-order valence-corrected chi connectivity index (χ3v) is 1.60. The summed E-state index contributed by atoms with van der Waals surface area (Å²) in [6, 6.07) is 3.63. The monoisotopic (exact) mass is 231 g/mol. The van der Waals surface area contributed by atoms with Crippen molar-refractivity contribution >= 4 is 12.2 Å². The van der Waals surface area contributed by atoms with Crippen molar-refractivity contribution in [1.82, 2.24) is 5.43 Å². The van der Waals surface area contributed by atoms with E-state index in [1.165, 1.54) is 12.1 Å². The fourth-order valence-corrected chi connectivity index (χ4v) is 0.966. The number of nitrogens with two attached hydrogens (primary N) is 1. The van der Waals surface area contributed by atoms with Crippen LogP contribution in [0.4, 0.5) is 18.0 Å². The highest BCUT2D eigenvalue weighted by Gasteiger charge is 2.30. The molecule has 0 atom stereocenters. The molecule has 4 nitrogen and oxygen atoms in total. The first-order chi connectivity index (χ1) is 7.39. The van der Waals surface area contributed by atoms with Crippen molar-refractivity contribution in [3.63, 3.8) is 0 Å². The van der Waals surface area contributed by atoms with Gasteiger partial charge in [-0.05, 0) is 17.7 Å². The fourth-order valence-electron chi connectivity index (χ4n) is 0.966. The average Bonchev–Trinajstić information content (AvgIpc) is 2.16. The molecule has 0 spiro atoms. The van der Waals surface area contributed by atoms with Crippen LogP contribution in [0.3, 0.4) is 0 Å². The number of carbonyl (C=O) groups is 1. The molecule has 0 saturated carbocycles. The van der Waals surface area contributed by atoms with Crippen LogP contribution >= 0.6 is 0 Å². The summed E-state index contributed by atoms with van der Waals surface area (Å²) in [5, 5.41) is 3.35. The number of halogens is 3. The standard InChI is InChI=1S/C9H8F3N3O/c10-9(11,12)7-3-1-2-6(4-7)5-14-15-8(13)16/h1-5H,(H3,13,15,16). The summed E-state index contributed by atoms with van der Waals surface area (Å²) >= 11 is 0. The lowest BCUT2D eigenvalue weighted by Crippen LogP contribution is -2.24. The maximum absolute atomic E-state index is 12.3. The lowest BCUT2D eigenvalue weighted by Gasteiger charge is -2.06. The number of nitrogens with one attached hydrogen (secondary N) is 1. The van der Waals surface area contributed by atoms with Crippen molar-refractivity contribution in [1.29, 1.82) is 0 Å². The number of benzene rings is 1. The molecule has 86 valence electrons. The van der Waals surface area contributed by atoms with Gasteiger partial charge in [0.05, 0.1) is 11.8 Å². The summed E-state index contributed by atoms with van der Waals surface area (Å²) in [5.74, 6) is 0. The van der Waals surface area contributed by atoms with Crippen LogP contribution in [0.25, 0.3) is 0 Å². The smallest absolute Gasteiger partial charge is 0.350 e. The largest absolute Gasteiger partial charge is 0.416 e. The van der Waals surface area contributed by atoms with Crippen LogP contribution in [0.1, 0.15) is 11.1 Å². The molecule has 3 N–H and O–H groups in total. The van der Waals surface area contributed by atoms with E-state index in [1.807, 2.05) is 5.43 Å². The summed E-state index contributed by atoms with van der Waals surface area (Å²) in [6.07, 6.45) is -3.33. The number of alkyl halides is 3. The SMILES string of the molecule is NC(=O)NN=Cc1cccc(C(F)(F)F)c1. The van der Waals surface area contributed by atoms with E-state index in [0.29, 0.717) is 0 Å². The molecule has 16 heavy (non-hydrogen) atoms. The van der Waals surface area contributed by atoms with Crippen LogP contribution in [-0.4, -0.2) is 12.2 Å². The average molecular weight is 231 g/mol. The van der Waals surface area contributed by atoms with E-state index in [-0.39, 0.29) is 5.56 Å². The number of primary amides is 1. The van der Waals surface area contributed by atoms with Crippen LogP contribution in [-0.2, 0) is 6.18 Å². The molecular weight excluding hydrogens is 223 g/mol. The molecule has 0 fully saturated rings. The second kappa shape index (κ2) is 4.65. The van der Waals surface area contributed by atoms with Crippen molar-refractivity contribution < 1.29 is 18.0 Å². The summed E-state index contributed by atoms with van der Waals surface area (Å²) in [5.41, 5.74) is 6.02. The van der Waals surface area contributed by atoms with E-state index in [0.717, 1.165) is 18.3 Å². The predicted octanol–water partition coefficient (Wildman–Crippen LogP) is 1.71. The Balaban J connectivity index is 2.83. The zero-order chi connectivity index (χ0) is 12.2. The molecule has 1 aromatic rings. The molecule has 0 unspecified atom stereocenters. The number of hydrogen-bond donors (Lipinski definition) is 2. The van der Waals surface area contributed by atoms with Crippen LogP contribution < -0.4 is 11.2 Å². The molecule has 0 aromatic heterocycles. The number of hydrazone groups is 1. The Morgan fingerprint density at radius 2 is 2.12 bits per heavy atom. The van der Waals surface area contributed by atoms with Crippen molar-refractivity contribution in [2.24, 2.45) is 10.8 Å². The minimum atomic E-state index is -4.40. The predicted molar refractivity (Wildman–Crippen MR) is 51.8 cm³/mol. The number of nitrogens with zero attached hydrogens (tertiary/aromatic N) is 1. The van der Waals surface area contributed by atoms with Gasteiger partial charge in [0.1, 0.15) is 0 Å². The van der Waals surface area contributed by atoms with Crippen LogP contribution in [0, 0.1) is 0 Å². The van der Waals surface area contributed by atoms with Gasteiger partial charge in [0.25, 0.3) is 0 Å². The van der Waals surface area contributed by atoms with Crippen molar-refractivity contribution in [3.8, 4) is 0 Å². The van der Waals surface area contributed by atoms with Gasteiger partial charge in [0, 0.05) is 0 Å². The molecule has 0 heterocycles. The minimum Gasteiger partial charge on any atom is -0.350 e. The first kappa shape index (κ1) is 12.0. The molecule has 0 bridgehead atoms. The molecular formula is C9H8F3N3O. The van der Waals surface area contributed by atoms with Crippen LogP contribution in [0.2, 0.25) is 0 Å². The summed E-state index contributed by atoms with van der Waals surface area (Å²) in [6.45, 7) is 0. The van der Waals surface area contributed by atoms with Gasteiger partial charge in [-0.25, -0.2) is 10.2 Å². The first-order valence-corrected chi connectivity index (χ1v) is 4.15. The highest BCUT2D eigenvalue weighted by Crippen LogP contribution is 2.29. The Morgan fingerprint density at radius 3 is 2.69 bits per heavy atom. The Morgan fingerprint density at radius 1 is 1.44 bits per heavy atom. The molecule has 2 amide bonds. The number of hydrogen-bond acceptors (Lipinski definition) is 2. The normalized spacial score (nSPS) is 11.7. The van der Waals surface area contributed by atoms with Gasteiger partial charge in [-0.1, -0.05) is 12.1 Å². The van der Waals surface area contributed by atoms with Crippen molar-refractivity contribution in [3.05, 3.63) is 35.4 Å². The highest BCUT2D eigenvalue weighted by molar-refractivity contribution is 5.81. The Labute approximate surface area is 88.9 Å². The topological polar surface area (TPSA) is 67.5 Å². The van der Waals surface area contributed by atoms with Crippen molar-refractivity contribution in [2.75, 3.05) is 0 Å². The van der Waals surface area contributed by atoms with E-state index in [9.17, 15) is 18.0 Å². The van der Waals surface area contributed by atoms with Gasteiger partial charge in [-0.3, -0.25) is 0 Å². The number of carbonyl (C=O) groups excluding carboxylic acids is 1. The fraction of sp³-hybridized carbons (Fsp3) is 0.111. The highest BCUT2D eigenvalue weighted by atomic mass is 19.4. The quantitative estimate of drug-likeness (QED) is 0.590. The van der Waals surface area contributed by atoms with Gasteiger partial charge in [0.2, 0.25) is 0 Å². The number of urea groups is 1. The Bertz CT molecular complexity index is 415. The molecule has 0 aliphatic heterocycles. The van der Waals surface area contributed by atoms with Gasteiger partial charge in [-0.15, -0.1) is 0 Å². The number of amides is 2. The molecule has 1 rings (SSSR count). The Hall–Kier alpha value is -2.05. The van der Waals surface area contributed by atoms with E-state index >= 15 is 0 Å². The molecule has 0 aliphatic carbocycles. The minimum absolute atomic E-state index is 0.212. The second-order valence-corrected chi connectivity index (χ2v) is 2.86. The number of rotatable bonds is 2. The van der Waals surface area contributed by atoms with Crippen LogP contribution in [0.5, 0.6) is 0 Å². The molecule has 0 aliphatic rings. The van der Waals surface area contributed by atoms with E-state index in [4.69, 9.17) is 5.73 Å². The second-order valence-electron chi connectivity index (χ2n) is 2.86. The van der Waals surface area contributed by atoms with E-state index < -0.39 is 17.8 Å². The van der Waals surface area contributed by atoms with Gasteiger partial charge < -0.3 is 5.73 Å². The first-order valence-electron chi connectivity index (χ1n) is 4.15. The third kappa shape index (κ3) is 3.60. The molecule has 1 aromatic carbocycles. The van der Waals surface area contributed by atoms with Gasteiger partial charge in [0.15, 0.2) is 0 Å². The lowest BCUT2D eigenvalue weighted by molar-refractivity contribution is -0.137. The van der Waals surface area contributed by atoms with Crippen molar-refractivity contribution in [2.45, 2.75) is 6.18 Å². The van der Waals surface area contributed by atoms with E-state index in [2.05, 4.69) is 5.10 Å². The molecule has 7 heteroatoms. The molecule has 0 radical (unpaired) electrons. The maximum Gasteiger partial charge on any atom is 0.416 e. The third-order valence-electron chi connectivity index (χ3n) is 1.60. The maximum atomic E-state index is 12.3. The zero-order valence-electron chi connectivity index (χ0n) is 7.95. The van der Waals surface area contributed by atoms with Gasteiger partial charge in [-0.2, -0.15) is 18.3 Å². The zero-order valence-corrected chi connectivity index (χ0v) is 7.95.